The van der Waals surface area contributed by atoms with Crippen LogP contribution >= 0.6 is 0 Å². The number of carboxylic acids is 1. The van der Waals surface area contributed by atoms with Crippen LogP contribution in [0.2, 0.25) is 0 Å². The molecular formula is C11H15F3N2O4. The third-order valence-corrected chi connectivity index (χ3v) is 3.37. The largest absolute Gasteiger partial charge is 0.481 e. The number of amides is 2. The maximum Gasteiger partial charge on any atom is 0.408 e. The highest BCUT2D eigenvalue weighted by atomic mass is 19.4. The fourth-order valence-corrected chi connectivity index (χ4v) is 2.03. The molecule has 0 aromatic rings. The molecular weight excluding hydrogens is 281 g/mol. The Hall–Kier alpha value is -1.80. The Morgan fingerprint density at radius 2 is 1.90 bits per heavy atom. The number of nitrogens with one attached hydrogen (secondary N) is 1. The molecule has 0 aromatic carbocycles. The van der Waals surface area contributed by atoms with Crippen molar-refractivity contribution in [2.75, 3.05) is 6.54 Å². The van der Waals surface area contributed by atoms with Crippen molar-refractivity contribution in [1.82, 2.24) is 10.2 Å². The fourth-order valence-electron chi connectivity index (χ4n) is 2.03. The van der Waals surface area contributed by atoms with Crippen molar-refractivity contribution in [3.63, 3.8) is 0 Å². The van der Waals surface area contributed by atoms with Gasteiger partial charge in [0.25, 0.3) is 0 Å². The first-order chi connectivity index (χ1) is 9.05. The summed E-state index contributed by atoms with van der Waals surface area (Å²) in [5.74, 6) is -4.44. The van der Waals surface area contributed by atoms with E-state index in [1.807, 2.05) is 0 Å². The number of likely N-dealkylation sites (tertiary alicyclic amines) is 1. The molecule has 20 heavy (non-hydrogen) atoms. The van der Waals surface area contributed by atoms with Gasteiger partial charge in [-0.2, -0.15) is 13.2 Å². The number of alkyl halides is 3. The first-order valence-electron chi connectivity index (χ1n) is 5.96. The van der Waals surface area contributed by atoms with Crippen LogP contribution < -0.4 is 5.32 Å². The smallest absolute Gasteiger partial charge is 0.408 e. The molecule has 1 saturated heterocycles. The summed E-state index contributed by atoms with van der Waals surface area (Å²) in [6.45, 7) is 2.20. The molecule has 1 heterocycles. The summed E-state index contributed by atoms with van der Waals surface area (Å²) in [7, 11) is 0. The topological polar surface area (TPSA) is 86.7 Å². The normalized spacial score (nSPS) is 24.4. The zero-order valence-corrected chi connectivity index (χ0v) is 10.9. The second-order valence-electron chi connectivity index (χ2n) is 4.71. The molecule has 6 nitrogen and oxygen atoms in total. The average molecular weight is 296 g/mol. The number of nitrogens with zero attached hydrogens (tertiary/aromatic N) is 1. The van der Waals surface area contributed by atoms with E-state index in [1.165, 1.54) is 6.92 Å². The van der Waals surface area contributed by atoms with Crippen molar-refractivity contribution in [3.8, 4) is 0 Å². The maximum absolute atomic E-state index is 12.3. The summed E-state index contributed by atoms with van der Waals surface area (Å²) >= 11 is 0. The molecule has 0 bridgehead atoms. The van der Waals surface area contributed by atoms with Gasteiger partial charge in [0, 0.05) is 12.6 Å². The minimum absolute atomic E-state index is 0.0325. The second-order valence-corrected chi connectivity index (χ2v) is 4.71. The molecule has 0 aliphatic carbocycles. The number of aliphatic carboxylic acids is 1. The summed E-state index contributed by atoms with van der Waals surface area (Å²) in [5.41, 5.74) is 0. The molecule has 0 radical (unpaired) electrons. The molecule has 2 N–H and O–H groups in total. The molecule has 0 saturated carbocycles. The van der Waals surface area contributed by atoms with Crippen LogP contribution in [0.5, 0.6) is 0 Å². The van der Waals surface area contributed by atoms with Crippen molar-refractivity contribution in [2.24, 2.45) is 5.92 Å². The lowest BCUT2D eigenvalue weighted by atomic mass is 10.0. The highest BCUT2D eigenvalue weighted by Crippen LogP contribution is 2.24. The second kappa shape index (κ2) is 5.68. The lowest BCUT2D eigenvalue weighted by molar-refractivity contribution is -0.162. The van der Waals surface area contributed by atoms with Gasteiger partial charge >= 0.3 is 24.0 Å². The summed E-state index contributed by atoms with van der Waals surface area (Å²) in [5, 5.41) is 10.4. The number of hydrogen-bond donors (Lipinski definition) is 2. The molecule has 1 aliphatic rings. The van der Waals surface area contributed by atoms with E-state index in [2.05, 4.69) is 0 Å². The first-order valence-corrected chi connectivity index (χ1v) is 5.96. The quantitative estimate of drug-likeness (QED) is 0.721. The Bertz CT molecular complexity index is 424. The van der Waals surface area contributed by atoms with Crippen molar-refractivity contribution >= 4 is 17.8 Å². The minimum Gasteiger partial charge on any atom is -0.481 e. The minimum atomic E-state index is -4.64. The van der Waals surface area contributed by atoms with Gasteiger partial charge in [0.2, 0.25) is 0 Å². The van der Waals surface area contributed by atoms with Gasteiger partial charge in [0.05, 0.1) is 5.92 Å². The number of halogens is 3. The SMILES string of the molecule is C[C@H]1[C@@H](C(=O)O)CCN1C(=O)C(=O)N[C@H](C)C(F)(F)F. The number of rotatable bonds is 2. The third kappa shape index (κ3) is 3.40. The average Bonchev–Trinajstić information content (AvgIpc) is 2.68. The van der Waals surface area contributed by atoms with E-state index in [1.54, 1.807) is 5.32 Å². The monoisotopic (exact) mass is 296 g/mol. The molecule has 9 heteroatoms. The molecule has 3 atom stereocenters. The predicted octanol–water partition coefficient (Wildman–Crippen LogP) is 0.375. The summed E-state index contributed by atoms with van der Waals surface area (Å²) in [4.78, 5) is 35.1. The molecule has 114 valence electrons. The van der Waals surface area contributed by atoms with Crippen LogP contribution in [0.1, 0.15) is 20.3 Å². The van der Waals surface area contributed by atoms with Crippen LogP contribution in [0.15, 0.2) is 0 Å². The number of hydrogen-bond acceptors (Lipinski definition) is 3. The van der Waals surface area contributed by atoms with Crippen molar-refractivity contribution in [3.05, 3.63) is 0 Å². The van der Waals surface area contributed by atoms with Crippen molar-refractivity contribution in [2.45, 2.75) is 38.5 Å². The van der Waals surface area contributed by atoms with E-state index in [9.17, 15) is 27.6 Å². The van der Waals surface area contributed by atoms with E-state index < -0.39 is 42.0 Å². The van der Waals surface area contributed by atoms with Gasteiger partial charge in [0.15, 0.2) is 0 Å². The fraction of sp³-hybridized carbons (Fsp3) is 0.727. The van der Waals surface area contributed by atoms with E-state index >= 15 is 0 Å². The molecule has 0 spiro atoms. The summed E-state index contributed by atoms with van der Waals surface area (Å²) in [6, 6.07) is -2.88. The number of carboxylic acid groups (broad SMARTS) is 1. The molecule has 2 amide bonds. The molecule has 1 rings (SSSR count). The highest BCUT2D eigenvalue weighted by molar-refractivity contribution is 6.35. The summed E-state index contributed by atoms with van der Waals surface area (Å²) < 4.78 is 36.8. The van der Waals surface area contributed by atoms with E-state index in [0.717, 1.165) is 11.8 Å². The molecule has 1 aliphatic heterocycles. The van der Waals surface area contributed by atoms with E-state index in [-0.39, 0.29) is 13.0 Å². The lowest BCUT2D eigenvalue weighted by Crippen LogP contribution is -2.51. The maximum atomic E-state index is 12.3. The van der Waals surface area contributed by atoms with Gasteiger partial charge in [-0.25, -0.2) is 0 Å². The van der Waals surface area contributed by atoms with E-state index in [0.29, 0.717) is 0 Å². The van der Waals surface area contributed by atoms with Crippen LogP contribution in [-0.4, -0.2) is 52.6 Å². The predicted molar refractivity (Wildman–Crippen MR) is 60.6 cm³/mol. The van der Waals surface area contributed by atoms with Gasteiger partial charge in [-0.05, 0) is 20.3 Å². The molecule has 1 fully saturated rings. The number of carbonyl (C=O) groups excluding carboxylic acids is 2. The van der Waals surface area contributed by atoms with Gasteiger partial charge in [0.1, 0.15) is 6.04 Å². The van der Waals surface area contributed by atoms with Crippen LogP contribution in [0, 0.1) is 5.92 Å². The Balaban J connectivity index is 2.67. The zero-order chi connectivity index (χ0) is 15.7. The van der Waals surface area contributed by atoms with Gasteiger partial charge < -0.3 is 15.3 Å². The molecule has 0 unspecified atom stereocenters. The molecule has 0 aromatic heterocycles. The van der Waals surface area contributed by atoms with Crippen molar-refractivity contribution < 1.29 is 32.7 Å². The Morgan fingerprint density at radius 3 is 2.30 bits per heavy atom. The van der Waals surface area contributed by atoms with Crippen LogP contribution in [-0.2, 0) is 14.4 Å². The van der Waals surface area contributed by atoms with Crippen molar-refractivity contribution in [1.29, 1.82) is 0 Å². The first kappa shape index (κ1) is 16.3. The number of carbonyl (C=O) groups is 3. The van der Waals surface area contributed by atoms with Crippen LogP contribution in [0.4, 0.5) is 13.2 Å². The lowest BCUT2D eigenvalue weighted by Gasteiger charge is -2.24. The summed E-state index contributed by atoms with van der Waals surface area (Å²) in [6.07, 6.45) is -4.47. The Morgan fingerprint density at radius 1 is 1.35 bits per heavy atom. The standard InChI is InChI=1S/C11H15F3N2O4/c1-5-7(10(19)20)3-4-16(5)9(18)8(17)15-6(2)11(12,13)14/h5-7H,3-4H2,1-2H3,(H,15,17)(H,19,20)/t5-,6+,7-/m0/s1. The third-order valence-electron chi connectivity index (χ3n) is 3.37. The Labute approximate surface area is 112 Å². The van der Waals surface area contributed by atoms with Gasteiger partial charge in [-0.15, -0.1) is 0 Å². The van der Waals surface area contributed by atoms with E-state index in [4.69, 9.17) is 5.11 Å². The van der Waals surface area contributed by atoms with Crippen LogP contribution in [0.25, 0.3) is 0 Å². The highest BCUT2D eigenvalue weighted by Gasteiger charge is 2.42. The van der Waals surface area contributed by atoms with Crippen LogP contribution in [0.3, 0.4) is 0 Å². The zero-order valence-electron chi connectivity index (χ0n) is 10.9. The van der Waals surface area contributed by atoms with Gasteiger partial charge in [-0.3, -0.25) is 14.4 Å². The van der Waals surface area contributed by atoms with Gasteiger partial charge in [-0.1, -0.05) is 0 Å². The Kier molecular flexibility index (Phi) is 4.61.